The molecular weight excluding hydrogens is 300 g/mol. The molecule has 1 aromatic carbocycles. The lowest BCUT2D eigenvalue weighted by atomic mass is 10.1. The largest absolute Gasteiger partial charge is 0.373 e. The van der Waals surface area contributed by atoms with Crippen molar-refractivity contribution in [2.24, 2.45) is 0 Å². The van der Waals surface area contributed by atoms with Gasteiger partial charge in [-0.2, -0.15) is 5.26 Å². The van der Waals surface area contributed by atoms with Gasteiger partial charge in [0, 0.05) is 38.8 Å². The molecular formula is C18H22N6. The Bertz CT molecular complexity index is 706. The summed E-state index contributed by atoms with van der Waals surface area (Å²) in [4.78, 5) is 11.0. The van der Waals surface area contributed by atoms with E-state index in [9.17, 15) is 0 Å². The average molecular weight is 322 g/mol. The fourth-order valence-corrected chi connectivity index (χ4v) is 3.07. The van der Waals surface area contributed by atoms with Gasteiger partial charge in [-0.15, -0.1) is 0 Å². The van der Waals surface area contributed by atoms with E-state index in [1.165, 1.54) is 18.4 Å². The van der Waals surface area contributed by atoms with Crippen LogP contribution in [0.3, 0.4) is 0 Å². The van der Waals surface area contributed by atoms with Crippen molar-refractivity contribution in [1.29, 1.82) is 5.26 Å². The summed E-state index contributed by atoms with van der Waals surface area (Å²) < 4.78 is 0. The molecule has 1 aliphatic heterocycles. The highest BCUT2D eigenvalue weighted by molar-refractivity contribution is 5.49. The van der Waals surface area contributed by atoms with E-state index < -0.39 is 0 Å². The minimum atomic E-state index is 0.447. The maximum absolute atomic E-state index is 8.84. The molecule has 6 nitrogen and oxygen atoms in total. The SMILES string of the molecule is CNc1cc(N2CCC[C@H]2CNCc2ccc(C#N)cc2)ncn1. The van der Waals surface area contributed by atoms with Crippen LogP contribution >= 0.6 is 0 Å². The van der Waals surface area contributed by atoms with Gasteiger partial charge in [0.2, 0.25) is 0 Å². The topological polar surface area (TPSA) is 76.9 Å². The average Bonchev–Trinajstić information content (AvgIpc) is 3.11. The monoisotopic (exact) mass is 322 g/mol. The molecule has 0 amide bonds. The standard InChI is InChI=1S/C18H22N6/c1-20-17-9-18(23-13-22-17)24-8-2-3-16(24)12-21-11-15-6-4-14(10-19)5-7-15/h4-7,9,13,16,21H,2-3,8,11-12H2,1H3,(H,20,22,23)/t16-/m0/s1. The highest BCUT2D eigenvalue weighted by Crippen LogP contribution is 2.24. The zero-order valence-electron chi connectivity index (χ0n) is 13.9. The molecule has 1 aromatic heterocycles. The van der Waals surface area contributed by atoms with Crippen LogP contribution in [-0.4, -0.2) is 36.1 Å². The highest BCUT2D eigenvalue weighted by atomic mass is 15.2. The van der Waals surface area contributed by atoms with Gasteiger partial charge >= 0.3 is 0 Å². The van der Waals surface area contributed by atoms with E-state index in [0.29, 0.717) is 11.6 Å². The van der Waals surface area contributed by atoms with Crippen LogP contribution in [0.1, 0.15) is 24.0 Å². The Labute approximate surface area is 142 Å². The van der Waals surface area contributed by atoms with Gasteiger partial charge in [0.05, 0.1) is 11.6 Å². The molecule has 24 heavy (non-hydrogen) atoms. The molecule has 0 saturated carbocycles. The van der Waals surface area contributed by atoms with Crippen LogP contribution < -0.4 is 15.5 Å². The fourth-order valence-electron chi connectivity index (χ4n) is 3.07. The first kappa shape index (κ1) is 16.2. The number of anilines is 2. The Kier molecular flexibility index (Phi) is 5.24. The molecule has 2 heterocycles. The summed E-state index contributed by atoms with van der Waals surface area (Å²) in [5, 5.41) is 15.4. The van der Waals surface area contributed by atoms with Crippen molar-refractivity contribution in [3.05, 3.63) is 47.8 Å². The van der Waals surface area contributed by atoms with Gasteiger partial charge in [0.1, 0.15) is 18.0 Å². The van der Waals surface area contributed by atoms with E-state index in [1.54, 1.807) is 6.33 Å². The third-order valence-electron chi connectivity index (χ3n) is 4.37. The molecule has 1 atom stereocenters. The fraction of sp³-hybridized carbons (Fsp3) is 0.389. The van der Waals surface area contributed by atoms with Crippen molar-refractivity contribution >= 4 is 11.6 Å². The Morgan fingerprint density at radius 1 is 1.29 bits per heavy atom. The summed E-state index contributed by atoms with van der Waals surface area (Å²) in [5.41, 5.74) is 1.89. The summed E-state index contributed by atoms with van der Waals surface area (Å²) in [7, 11) is 1.87. The van der Waals surface area contributed by atoms with Gasteiger partial charge in [-0.3, -0.25) is 0 Å². The smallest absolute Gasteiger partial charge is 0.134 e. The second-order valence-corrected chi connectivity index (χ2v) is 5.94. The number of hydrogen-bond donors (Lipinski definition) is 2. The summed E-state index contributed by atoms with van der Waals surface area (Å²) in [6.45, 7) is 2.75. The van der Waals surface area contributed by atoms with Crippen molar-refractivity contribution in [3.8, 4) is 6.07 Å². The molecule has 1 aliphatic rings. The van der Waals surface area contributed by atoms with Crippen molar-refractivity contribution in [3.63, 3.8) is 0 Å². The van der Waals surface area contributed by atoms with Crippen molar-refractivity contribution in [1.82, 2.24) is 15.3 Å². The highest BCUT2D eigenvalue weighted by Gasteiger charge is 2.25. The van der Waals surface area contributed by atoms with E-state index in [1.807, 2.05) is 37.4 Å². The first-order valence-corrected chi connectivity index (χ1v) is 8.26. The summed E-state index contributed by atoms with van der Waals surface area (Å²) in [6, 6.07) is 12.3. The lowest BCUT2D eigenvalue weighted by Gasteiger charge is -2.26. The Morgan fingerprint density at radius 2 is 2.12 bits per heavy atom. The number of rotatable bonds is 6. The predicted octanol–water partition coefficient (Wildman–Crippen LogP) is 2.15. The lowest BCUT2D eigenvalue weighted by Crippen LogP contribution is -2.38. The normalized spacial score (nSPS) is 16.8. The minimum absolute atomic E-state index is 0.447. The molecule has 0 bridgehead atoms. The van der Waals surface area contributed by atoms with Crippen LogP contribution in [0.5, 0.6) is 0 Å². The summed E-state index contributed by atoms with van der Waals surface area (Å²) in [6.07, 6.45) is 3.96. The Morgan fingerprint density at radius 3 is 2.88 bits per heavy atom. The predicted molar refractivity (Wildman–Crippen MR) is 94.8 cm³/mol. The molecule has 1 fully saturated rings. The van der Waals surface area contributed by atoms with Gasteiger partial charge in [0.15, 0.2) is 0 Å². The maximum Gasteiger partial charge on any atom is 0.134 e. The van der Waals surface area contributed by atoms with Gasteiger partial charge in [0.25, 0.3) is 0 Å². The van der Waals surface area contributed by atoms with Gasteiger partial charge < -0.3 is 15.5 Å². The maximum atomic E-state index is 8.84. The van der Waals surface area contributed by atoms with Gasteiger partial charge in [-0.25, -0.2) is 9.97 Å². The van der Waals surface area contributed by atoms with Crippen LogP contribution in [0.25, 0.3) is 0 Å². The van der Waals surface area contributed by atoms with Gasteiger partial charge in [-0.05, 0) is 30.5 Å². The number of benzene rings is 1. The molecule has 2 aromatic rings. The molecule has 0 unspecified atom stereocenters. The van der Waals surface area contributed by atoms with E-state index in [-0.39, 0.29) is 0 Å². The Hall–Kier alpha value is -2.65. The molecule has 124 valence electrons. The Balaban J connectivity index is 1.56. The van der Waals surface area contributed by atoms with Crippen molar-refractivity contribution in [2.45, 2.75) is 25.4 Å². The summed E-state index contributed by atoms with van der Waals surface area (Å²) in [5.74, 6) is 1.83. The lowest BCUT2D eigenvalue weighted by molar-refractivity contribution is 0.570. The zero-order chi connectivity index (χ0) is 16.8. The van der Waals surface area contributed by atoms with Crippen LogP contribution in [0.2, 0.25) is 0 Å². The second-order valence-electron chi connectivity index (χ2n) is 5.94. The van der Waals surface area contributed by atoms with E-state index in [4.69, 9.17) is 5.26 Å². The summed E-state index contributed by atoms with van der Waals surface area (Å²) >= 11 is 0. The number of nitriles is 1. The van der Waals surface area contributed by atoms with E-state index in [0.717, 1.165) is 31.3 Å². The second kappa shape index (κ2) is 7.75. The third kappa shape index (κ3) is 3.81. The number of nitrogens with zero attached hydrogens (tertiary/aromatic N) is 4. The number of nitrogens with one attached hydrogen (secondary N) is 2. The van der Waals surface area contributed by atoms with E-state index >= 15 is 0 Å². The third-order valence-corrected chi connectivity index (χ3v) is 4.37. The molecule has 0 spiro atoms. The zero-order valence-corrected chi connectivity index (χ0v) is 13.9. The van der Waals surface area contributed by atoms with Crippen LogP contribution in [0.4, 0.5) is 11.6 Å². The first-order chi connectivity index (χ1) is 11.8. The molecule has 3 rings (SSSR count). The van der Waals surface area contributed by atoms with Gasteiger partial charge in [-0.1, -0.05) is 12.1 Å². The molecule has 0 aliphatic carbocycles. The molecule has 1 saturated heterocycles. The molecule has 6 heteroatoms. The molecule has 2 N–H and O–H groups in total. The van der Waals surface area contributed by atoms with E-state index in [2.05, 4.69) is 31.6 Å². The number of hydrogen-bond acceptors (Lipinski definition) is 6. The van der Waals surface area contributed by atoms with Crippen LogP contribution in [0, 0.1) is 11.3 Å². The van der Waals surface area contributed by atoms with Crippen LogP contribution in [0.15, 0.2) is 36.7 Å². The minimum Gasteiger partial charge on any atom is -0.373 e. The number of aromatic nitrogens is 2. The van der Waals surface area contributed by atoms with Crippen LogP contribution in [-0.2, 0) is 6.54 Å². The van der Waals surface area contributed by atoms with Crippen molar-refractivity contribution in [2.75, 3.05) is 30.4 Å². The van der Waals surface area contributed by atoms with Crippen molar-refractivity contribution < 1.29 is 0 Å². The quantitative estimate of drug-likeness (QED) is 0.848. The molecule has 0 radical (unpaired) electrons. The first-order valence-electron chi connectivity index (χ1n) is 8.26.